The van der Waals surface area contributed by atoms with E-state index >= 15 is 0 Å². The molecule has 0 bridgehead atoms. The molecule has 0 atom stereocenters. The Morgan fingerprint density at radius 1 is 1.11 bits per heavy atom. The van der Waals surface area contributed by atoms with Gasteiger partial charge in [-0.25, -0.2) is 9.97 Å². The summed E-state index contributed by atoms with van der Waals surface area (Å²) in [7, 11) is 0. The van der Waals surface area contributed by atoms with Gasteiger partial charge in [0.2, 0.25) is 5.91 Å². The van der Waals surface area contributed by atoms with Crippen LogP contribution in [0.25, 0.3) is 0 Å². The van der Waals surface area contributed by atoms with Crippen molar-refractivity contribution in [3.63, 3.8) is 0 Å². The zero-order chi connectivity index (χ0) is 24.3. The van der Waals surface area contributed by atoms with Crippen LogP contribution in [0.15, 0.2) is 70.7 Å². The lowest BCUT2D eigenvalue weighted by Crippen LogP contribution is -2.38. The second kappa shape index (κ2) is 12.9. The Morgan fingerprint density at radius 2 is 1.89 bits per heavy atom. The fourth-order valence-corrected chi connectivity index (χ4v) is 4.32. The highest BCUT2D eigenvalue weighted by Crippen LogP contribution is 2.27. The molecular weight excluding hydrogens is 462 g/mol. The highest BCUT2D eigenvalue weighted by Gasteiger charge is 2.10. The minimum atomic E-state index is -0.319. The van der Waals surface area contributed by atoms with E-state index in [1.165, 1.54) is 11.8 Å². The molecule has 1 fully saturated rings. The summed E-state index contributed by atoms with van der Waals surface area (Å²) in [6, 6.07) is 19.2. The standard InChI is InChI=1S/C26H27N5O3S/c27-11-9-25(32)29-21-3-7-23(8-4-21)35-26-10-12-28-24(30-26)19-20-1-5-22(6-2-20)34-18-15-31-13-16-33-17-14-31/h1-8,10,12H,9,13-19H2,(H,29,32). The van der Waals surface area contributed by atoms with E-state index < -0.39 is 0 Å². The molecule has 0 aliphatic carbocycles. The van der Waals surface area contributed by atoms with Gasteiger partial charge in [0.15, 0.2) is 0 Å². The van der Waals surface area contributed by atoms with Crippen LogP contribution < -0.4 is 10.1 Å². The largest absolute Gasteiger partial charge is 0.492 e. The number of ether oxygens (including phenoxy) is 2. The summed E-state index contributed by atoms with van der Waals surface area (Å²) >= 11 is 1.53. The number of anilines is 1. The minimum Gasteiger partial charge on any atom is -0.492 e. The average Bonchev–Trinajstić information content (AvgIpc) is 2.87. The van der Waals surface area contributed by atoms with Crippen LogP contribution in [0.5, 0.6) is 5.75 Å². The third kappa shape index (κ3) is 8.07. The average molecular weight is 490 g/mol. The molecule has 1 aliphatic rings. The van der Waals surface area contributed by atoms with Gasteiger partial charge in [-0.05, 0) is 48.0 Å². The molecule has 0 saturated carbocycles. The van der Waals surface area contributed by atoms with E-state index in [-0.39, 0.29) is 12.3 Å². The number of nitrogens with zero attached hydrogens (tertiary/aromatic N) is 4. The number of hydrogen-bond donors (Lipinski definition) is 1. The van der Waals surface area contributed by atoms with Gasteiger partial charge in [0.1, 0.15) is 29.6 Å². The number of aromatic nitrogens is 2. The number of benzene rings is 2. The van der Waals surface area contributed by atoms with Crippen LogP contribution in [0.3, 0.4) is 0 Å². The van der Waals surface area contributed by atoms with E-state index in [9.17, 15) is 4.79 Å². The highest BCUT2D eigenvalue weighted by atomic mass is 32.2. The van der Waals surface area contributed by atoms with E-state index in [4.69, 9.17) is 14.7 Å². The Balaban J connectivity index is 1.27. The summed E-state index contributed by atoms with van der Waals surface area (Å²) in [5, 5.41) is 12.1. The van der Waals surface area contributed by atoms with Crippen LogP contribution in [-0.4, -0.2) is 60.2 Å². The predicted molar refractivity (Wildman–Crippen MR) is 133 cm³/mol. The second-order valence-electron chi connectivity index (χ2n) is 7.94. The van der Waals surface area contributed by atoms with Crippen LogP contribution in [0.4, 0.5) is 5.69 Å². The van der Waals surface area contributed by atoms with Gasteiger partial charge in [-0.1, -0.05) is 23.9 Å². The molecule has 0 unspecified atom stereocenters. The smallest absolute Gasteiger partial charge is 0.238 e. The van der Waals surface area contributed by atoms with Crippen molar-refractivity contribution in [2.75, 3.05) is 44.8 Å². The number of nitrogens with one attached hydrogen (secondary N) is 1. The molecule has 0 radical (unpaired) electrons. The summed E-state index contributed by atoms with van der Waals surface area (Å²) in [5.41, 5.74) is 1.77. The fraction of sp³-hybridized carbons (Fsp3) is 0.308. The molecule has 2 heterocycles. The molecule has 1 aliphatic heterocycles. The Morgan fingerprint density at radius 3 is 2.63 bits per heavy atom. The molecular formula is C26H27N5O3S. The highest BCUT2D eigenvalue weighted by molar-refractivity contribution is 7.99. The fourth-order valence-electron chi connectivity index (χ4n) is 3.53. The third-order valence-corrected chi connectivity index (χ3v) is 6.29. The number of morpholine rings is 1. The Kier molecular flexibility index (Phi) is 9.06. The first-order valence-corrected chi connectivity index (χ1v) is 12.3. The topological polar surface area (TPSA) is 100 Å². The van der Waals surface area contributed by atoms with Crippen LogP contribution in [0, 0.1) is 11.3 Å². The molecule has 3 aromatic rings. The lowest BCUT2D eigenvalue weighted by Gasteiger charge is -2.26. The van der Waals surface area contributed by atoms with Gasteiger partial charge in [0.05, 0.1) is 19.3 Å². The molecule has 4 rings (SSSR count). The van der Waals surface area contributed by atoms with Crippen molar-refractivity contribution in [3.05, 3.63) is 72.2 Å². The van der Waals surface area contributed by atoms with Crippen molar-refractivity contribution in [2.45, 2.75) is 22.8 Å². The zero-order valence-corrected chi connectivity index (χ0v) is 20.2. The van der Waals surface area contributed by atoms with Gasteiger partial charge in [-0.2, -0.15) is 5.26 Å². The molecule has 1 saturated heterocycles. The van der Waals surface area contributed by atoms with Gasteiger partial charge in [0, 0.05) is 42.8 Å². The SMILES string of the molecule is N#CCC(=O)Nc1ccc(Sc2ccnc(Cc3ccc(OCCN4CCOCC4)cc3)n2)cc1. The van der Waals surface area contributed by atoms with Crippen molar-refractivity contribution in [1.82, 2.24) is 14.9 Å². The number of rotatable bonds is 10. The molecule has 180 valence electrons. The number of hydrogen-bond acceptors (Lipinski definition) is 8. The maximum atomic E-state index is 11.5. The Hall–Kier alpha value is -3.45. The summed E-state index contributed by atoms with van der Waals surface area (Å²) in [6.07, 6.45) is 2.24. The van der Waals surface area contributed by atoms with Gasteiger partial charge in [-0.3, -0.25) is 9.69 Å². The van der Waals surface area contributed by atoms with Crippen molar-refractivity contribution in [3.8, 4) is 11.8 Å². The number of carbonyl (C=O) groups is 1. The molecule has 8 nitrogen and oxygen atoms in total. The molecule has 1 aromatic heterocycles. The first kappa shape index (κ1) is 24.7. The molecule has 1 amide bonds. The van der Waals surface area contributed by atoms with Gasteiger partial charge in [0.25, 0.3) is 0 Å². The van der Waals surface area contributed by atoms with E-state index in [0.717, 1.165) is 59.9 Å². The zero-order valence-electron chi connectivity index (χ0n) is 19.4. The summed E-state index contributed by atoms with van der Waals surface area (Å²) in [6.45, 7) is 5.09. The van der Waals surface area contributed by atoms with E-state index in [0.29, 0.717) is 18.7 Å². The third-order valence-electron chi connectivity index (χ3n) is 5.35. The minimum absolute atomic E-state index is 0.162. The molecule has 0 spiro atoms. The molecule has 35 heavy (non-hydrogen) atoms. The monoisotopic (exact) mass is 489 g/mol. The predicted octanol–water partition coefficient (Wildman–Crippen LogP) is 3.78. The van der Waals surface area contributed by atoms with Crippen LogP contribution in [0.1, 0.15) is 17.8 Å². The van der Waals surface area contributed by atoms with Gasteiger partial charge in [-0.15, -0.1) is 0 Å². The summed E-state index contributed by atoms with van der Waals surface area (Å²) < 4.78 is 11.3. The summed E-state index contributed by atoms with van der Waals surface area (Å²) in [4.78, 5) is 24.0. The normalized spacial score (nSPS) is 13.7. The Labute approximate surface area is 209 Å². The number of carbonyl (C=O) groups excluding carboxylic acids is 1. The number of amides is 1. The molecule has 2 aromatic carbocycles. The van der Waals surface area contributed by atoms with Crippen molar-refractivity contribution < 1.29 is 14.3 Å². The number of nitriles is 1. The summed E-state index contributed by atoms with van der Waals surface area (Å²) in [5.74, 6) is 1.29. The van der Waals surface area contributed by atoms with Gasteiger partial charge < -0.3 is 14.8 Å². The van der Waals surface area contributed by atoms with Crippen molar-refractivity contribution >= 4 is 23.4 Å². The Bertz CT molecular complexity index is 1140. The molecule has 1 N–H and O–H groups in total. The maximum Gasteiger partial charge on any atom is 0.238 e. The lowest BCUT2D eigenvalue weighted by molar-refractivity contribution is -0.115. The van der Waals surface area contributed by atoms with Crippen LogP contribution in [-0.2, 0) is 16.0 Å². The quantitative estimate of drug-likeness (QED) is 0.430. The molecule has 9 heteroatoms. The van der Waals surface area contributed by atoms with Crippen LogP contribution >= 0.6 is 11.8 Å². The second-order valence-corrected chi connectivity index (χ2v) is 9.04. The van der Waals surface area contributed by atoms with Gasteiger partial charge >= 0.3 is 0 Å². The van der Waals surface area contributed by atoms with Crippen molar-refractivity contribution in [2.24, 2.45) is 0 Å². The van der Waals surface area contributed by atoms with E-state index in [1.807, 2.05) is 60.7 Å². The van der Waals surface area contributed by atoms with E-state index in [1.54, 1.807) is 6.20 Å². The first-order valence-electron chi connectivity index (χ1n) is 11.5. The first-order chi connectivity index (χ1) is 17.2. The van der Waals surface area contributed by atoms with Crippen molar-refractivity contribution in [1.29, 1.82) is 5.26 Å². The maximum absolute atomic E-state index is 11.5. The van der Waals surface area contributed by atoms with Crippen LogP contribution in [0.2, 0.25) is 0 Å². The van der Waals surface area contributed by atoms with E-state index in [2.05, 4.69) is 20.2 Å². The lowest BCUT2D eigenvalue weighted by atomic mass is 10.1.